The molecule has 0 atom stereocenters. The molecule has 1 aliphatic heterocycles. The summed E-state index contributed by atoms with van der Waals surface area (Å²) in [5.74, 6) is 1.96. The van der Waals surface area contributed by atoms with E-state index in [0.29, 0.717) is 6.04 Å². The van der Waals surface area contributed by atoms with Gasteiger partial charge < -0.3 is 10.2 Å². The molecular weight excluding hydrogens is 270 g/mol. The molecule has 112 valence electrons. The van der Waals surface area contributed by atoms with Crippen LogP contribution in [-0.4, -0.2) is 24.1 Å². The van der Waals surface area contributed by atoms with Crippen molar-refractivity contribution >= 4 is 17.4 Å². The standard InChI is InChI=1S/C16H26ClN3/c1-4-13-7-9-20(10-8-13)16-6-5-14(17)15(19-16)11-18-12(2)3/h5-6,12-13,18H,4,7-11H2,1-3H3. The zero-order valence-corrected chi connectivity index (χ0v) is 13.6. The van der Waals surface area contributed by atoms with Crippen LogP contribution < -0.4 is 10.2 Å². The first-order valence-corrected chi connectivity index (χ1v) is 8.11. The molecule has 0 radical (unpaired) electrons. The van der Waals surface area contributed by atoms with Crippen LogP contribution in [-0.2, 0) is 6.54 Å². The fourth-order valence-corrected chi connectivity index (χ4v) is 2.82. The van der Waals surface area contributed by atoms with E-state index in [1.807, 2.05) is 12.1 Å². The maximum atomic E-state index is 6.24. The second kappa shape index (κ2) is 7.28. The molecule has 1 aliphatic rings. The van der Waals surface area contributed by atoms with E-state index in [-0.39, 0.29) is 0 Å². The lowest BCUT2D eigenvalue weighted by atomic mass is 9.94. The molecule has 2 heterocycles. The Balaban J connectivity index is 2.03. The van der Waals surface area contributed by atoms with Gasteiger partial charge >= 0.3 is 0 Å². The highest BCUT2D eigenvalue weighted by molar-refractivity contribution is 6.31. The van der Waals surface area contributed by atoms with Gasteiger partial charge in [0, 0.05) is 25.7 Å². The molecule has 1 fully saturated rings. The summed E-state index contributed by atoms with van der Waals surface area (Å²) in [6.45, 7) is 9.52. The minimum absolute atomic E-state index is 0.442. The lowest BCUT2D eigenvalue weighted by Crippen LogP contribution is -2.34. The number of hydrogen-bond donors (Lipinski definition) is 1. The highest BCUT2D eigenvalue weighted by Crippen LogP contribution is 2.25. The number of hydrogen-bond acceptors (Lipinski definition) is 3. The molecule has 0 saturated carbocycles. The van der Waals surface area contributed by atoms with E-state index in [0.717, 1.165) is 42.1 Å². The minimum Gasteiger partial charge on any atom is -0.357 e. The van der Waals surface area contributed by atoms with Crippen molar-refractivity contribution in [2.24, 2.45) is 5.92 Å². The lowest BCUT2D eigenvalue weighted by Gasteiger charge is -2.32. The molecule has 0 aromatic carbocycles. The van der Waals surface area contributed by atoms with Crippen molar-refractivity contribution in [3.63, 3.8) is 0 Å². The van der Waals surface area contributed by atoms with Gasteiger partial charge in [0.25, 0.3) is 0 Å². The molecule has 1 saturated heterocycles. The van der Waals surface area contributed by atoms with E-state index < -0.39 is 0 Å². The summed E-state index contributed by atoms with van der Waals surface area (Å²) in [5, 5.41) is 4.14. The van der Waals surface area contributed by atoms with Gasteiger partial charge in [0.15, 0.2) is 0 Å². The zero-order chi connectivity index (χ0) is 14.5. The van der Waals surface area contributed by atoms with Crippen LogP contribution in [0.25, 0.3) is 0 Å². The third kappa shape index (κ3) is 4.10. The normalized spacial score (nSPS) is 16.9. The van der Waals surface area contributed by atoms with Crippen molar-refractivity contribution in [3.05, 3.63) is 22.8 Å². The molecule has 0 aliphatic carbocycles. The van der Waals surface area contributed by atoms with E-state index >= 15 is 0 Å². The van der Waals surface area contributed by atoms with Crippen LogP contribution >= 0.6 is 11.6 Å². The van der Waals surface area contributed by atoms with Crippen LogP contribution in [0.15, 0.2) is 12.1 Å². The second-order valence-corrected chi connectivity index (χ2v) is 6.38. The van der Waals surface area contributed by atoms with Gasteiger partial charge in [-0.2, -0.15) is 0 Å². The summed E-state index contributed by atoms with van der Waals surface area (Å²) in [6, 6.07) is 4.47. The van der Waals surface area contributed by atoms with Crippen molar-refractivity contribution in [2.45, 2.75) is 52.6 Å². The highest BCUT2D eigenvalue weighted by Gasteiger charge is 2.19. The molecular formula is C16H26ClN3. The number of rotatable bonds is 5. The van der Waals surface area contributed by atoms with Crippen molar-refractivity contribution in [1.29, 1.82) is 0 Å². The first kappa shape index (κ1) is 15.6. The van der Waals surface area contributed by atoms with Gasteiger partial charge in [-0.15, -0.1) is 0 Å². The molecule has 2 rings (SSSR count). The summed E-state index contributed by atoms with van der Waals surface area (Å²) in [7, 11) is 0. The molecule has 1 N–H and O–H groups in total. The summed E-state index contributed by atoms with van der Waals surface area (Å²) in [5.41, 5.74) is 0.954. The summed E-state index contributed by atoms with van der Waals surface area (Å²) in [6.07, 6.45) is 3.85. The number of halogens is 1. The molecule has 4 heteroatoms. The van der Waals surface area contributed by atoms with E-state index in [2.05, 4.69) is 31.0 Å². The van der Waals surface area contributed by atoms with Crippen LogP contribution in [0.4, 0.5) is 5.82 Å². The Morgan fingerprint density at radius 3 is 2.65 bits per heavy atom. The Labute approximate surface area is 127 Å². The number of nitrogens with zero attached hydrogens (tertiary/aromatic N) is 2. The fourth-order valence-electron chi connectivity index (χ4n) is 2.64. The first-order chi connectivity index (χ1) is 9.60. The Morgan fingerprint density at radius 1 is 1.35 bits per heavy atom. The van der Waals surface area contributed by atoms with E-state index in [9.17, 15) is 0 Å². The predicted octanol–water partition coefficient (Wildman–Crippen LogP) is 3.86. The van der Waals surface area contributed by atoms with E-state index in [1.165, 1.54) is 19.3 Å². The third-order valence-corrected chi connectivity index (χ3v) is 4.44. The maximum Gasteiger partial charge on any atom is 0.128 e. The van der Waals surface area contributed by atoms with Crippen LogP contribution in [0.3, 0.4) is 0 Å². The van der Waals surface area contributed by atoms with Gasteiger partial charge in [-0.25, -0.2) is 4.98 Å². The molecule has 0 bridgehead atoms. The second-order valence-electron chi connectivity index (χ2n) is 5.97. The average molecular weight is 296 g/mol. The Bertz CT molecular complexity index is 426. The molecule has 0 amide bonds. The van der Waals surface area contributed by atoms with Gasteiger partial charge in [-0.1, -0.05) is 38.8 Å². The van der Waals surface area contributed by atoms with Crippen molar-refractivity contribution in [2.75, 3.05) is 18.0 Å². The summed E-state index contributed by atoms with van der Waals surface area (Å²) in [4.78, 5) is 7.14. The van der Waals surface area contributed by atoms with Crippen molar-refractivity contribution in [1.82, 2.24) is 10.3 Å². The molecule has 0 unspecified atom stereocenters. The Morgan fingerprint density at radius 2 is 2.05 bits per heavy atom. The predicted molar refractivity (Wildman–Crippen MR) is 86.5 cm³/mol. The van der Waals surface area contributed by atoms with Crippen LogP contribution in [0.5, 0.6) is 0 Å². The topological polar surface area (TPSA) is 28.2 Å². The largest absolute Gasteiger partial charge is 0.357 e. The maximum absolute atomic E-state index is 6.24. The van der Waals surface area contributed by atoms with Gasteiger partial charge in [-0.3, -0.25) is 0 Å². The minimum atomic E-state index is 0.442. The smallest absolute Gasteiger partial charge is 0.128 e. The summed E-state index contributed by atoms with van der Waals surface area (Å²) >= 11 is 6.24. The number of nitrogens with one attached hydrogen (secondary N) is 1. The Hall–Kier alpha value is -0.800. The third-order valence-electron chi connectivity index (χ3n) is 4.10. The average Bonchev–Trinajstić information content (AvgIpc) is 2.46. The molecule has 1 aromatic rings. The number of piperidine rings is 1. The fraction of sp³-hybridized carbons (Fsp3) is 0.688. The monoisotopic (exact) mass is 295 g/mol. The van der Waals surface area contributed by atoms with Gasteiger partial charge in [0.1, 0.15) is 5.82 Å². The molecule has 20 heavy (non-hydrogen) atoms. The first-order valence-electron chi connectivity index (χ1n) is 7.74. The SMILES string of the molecule is CCC1CCN(c2ccc(Cl)c(CNC(C)C)n2)CC1. The van der Waals surface area contributed by atoms with Crippen molar-refractivity contribution < 1.29 is 0 Å². The highest BCUT2D eigenvalue weighted by atomic mass is 35.5. The summed E-state index contributed by atoms with van der Waals surface area (Å²) < 4.78 is 0. The van der Waals surface area contributed by atoms with Crippen LogP contribution in [0.2, 0.25) is 5.02 Å². The number of pyridine rings is 1. The molecule has 1 aromatic heterocycles. The molecule has 3 nitrogen and oxygen atoms in total. The van der Waals surface area contributed by atoms with Gasteiger partial charge in [-0.05, 0) is 30.9 Å². The number of aromatic nitrogens is 1. The lowest BCUT2D eigenvalue weighted by molar-refractivity contribution is 0.393. The van der Waals surface area contributed by atoms with Crippen LogP contribution in [0.1, 0.15) is 45.7 Å². The zero-order valence-electron chi connectivity index (χ0n) is 12.8. The molecule has 0 spiro atoms. The van der Waals surface area contributed by atoms with Crippen LogP contribution in [0, 0.1) is 5.92 Å². The van der Waals surface area contributed by atoms with Gasteiger partial charge in [0.2, 0.25) is 0 Å². The quantitative estimate of drug-likeness (QED) is 0.894. The number of anilines is 1. The van der Waals surface area contributed by atoms with Crippen molar-refractivity contribution in [3.8, 4) is 0 Å². The van der Waals surface area contributed by atoms with E-state index in [1.54, 1.807) is 0 Å². The van der Waals surface area contributed by atoms with E-state index in [4.69, 9.17) is 16.6 Å². The van der Waals surface area contributed by atoms with Gasteiger partial charge in [0.05, 0.1) is 10.7 Å². The Kier molecular flexibility index (Phi) is 5.67.